The average molecular weight is 353 g/mol. The molecule has 0 aliphatic carbocycles. The molecule has 1 unspecified atom stereocenters. The van der Waals surface area contributed by atoms with Gasteiger partial charge in [-0.3, -0.25) is 0 Å². The minimum atomic E-state index is -0.222. The van der Waals surface area contributed by atoms with Gasteiger partial charge in [0.1, 0.15) is 5.82 Å². The second kappa shape index (κ2) is 7.52. The summed E-state index contributed by atoms with van der Waals surface area (Å²) in [5, 5.41) is 3.27. The molecule has 1 aromatic heterocycles. The molecule has 2 rings (SSSR count). The Morgan fingerprint density at radius 3 is 2.57 bits per heavy atom. The van der Waals surface area contributed by atoms with Crippen LogP contribution in [0.3, 0.4) is 0 Å². The second-order valence-corrected chi connectivity index (χ2v) is 5.80. The molecular weight excluding hydrogens is 335 g/mol. The van der Waals surface area contributed by atoms with Crippen molar-refractivity contribution in [2.75, 3.05) is 14.2 Å². The van der Waals surface area contributed by atoms with E-state index in [2.05, 4.69) is 26.2 Å². The fraction of sp³-hybridized carbons (Fsp3) is 0.312. The second-order valence-electron chi connectivity index (χ2n) is 4.88. The Hall–Kier alpha value is -1.46. The normalized spacial score (nSPS) is 12.2. The summed E-state index contributed by atoms with van der Waals surface area (Å²) in [6.45, 7) is 0. The molecule has 1 N–H and O–H groups in total. The predicted molar refractivity (Wildman–Crippen MR) is 85.1 cm³/mol. The van der Waals surface area contributed by atoms with E-state index in [1.807, 2.05) is 31.4 Å². The summed E-state index contributed by atoms with van der Waals surface area (Å²) in [4.78, 5) is 4.20. The van der Waals surface area contributed by atoms with Gasteiger partial charge in [-0.1, -0.05) is 22.0 Å². The zero-order chi connectivity index (χ0) is 15.2. The van der Waals surface area contributed by atoms with Gasteiger partial charge in [0.25, 0.3) is 0 Å². The molecule has 0 saturated carbocycles. The SMILES string of the molecule is CNC(Cc1ccc(OC)nc1)Cc1cc(F)cc(Br)c1. The van der Waals surface area contributed by atoms with E-state index in [0.29, 0.717) is 5.88 Å². The molecule has 3 nitrogen and oxygen atoms in total. The first-order valence-electron chi connectivity index (χ1n) is 6.72. The van der Waals surface area contributed by atoms with Crippen LogP contribution in [0.25, 0.3) is 0 Å². The molecule has 1 heterocycles. The number of hydrogen-bond donors (Lipinski definition) is 1. The lowest BCUT2D eigenvalue weighted by Crippen LogP contribution is -2.30. The Labute approximate surface area is 132 Å². The lowest BCUT2D eigenvalue weighted by molar-refractivity contribution is 0.397. The number of rotatable bonds is 6. The van der Waals surface area contributed by atoms with Crippen LogP contribution < -0.4 is 10.1 Å². The van der Waals surface area contributed by atoms with Crippen molar-refractivity contribution in [3.05, 3.63) is 57.9 Å². The third-order valence-corrected chi connectivity index (χ3v) is 3.76. The number of nitrogens with one attached hydrogen (secondary N) is 1. The van der Waals surface area contributed by atoms with E-state index >= 15 is 0 Å². The van der Waals surface area contributed by atoms with Gasteiger partial charge in [0, 0.05) is 22.8 Å². The van der Waals surface area contributed by atoms with Crippen LogP contribution >= 0.6 is 15.9 Å². The van der Waals surface area contributed by atoms with E-state index in [0.717, 1.165) is 28.4 Å². The monoisotopic (exact) mass is 352 g/mol. The first-order chi connectivity index (χ1) is 10.1. The van der Waals surface area contributed by atoms with E-state index in [-0.39, 0.29) is 11.9 Å². The molecule has 2 aromatic rings. The molecule has 0 aliphatic heterocycles. The van der Waals surface area contributed by atoms with Crippen molar-refractivity contribution in [2.24, 2.45) is 0 Å². The van der Waals surface area contributed by atoms with Gasteiger partial charge in [-0.15, -0.1) is 0 Å². The van der Waals surface area contributed by atoms with E-state index < -0.39 is 0 Å². The lowest BCUT2D eigenvalue weighted by atomic mass is 10.00. The van der Waals surface area contributed by atoms with Gasteiger partial charge >= 0.3 is 0 Å². The van der Waals surface area contributed by atoms with Crippen molar-refractivity contribution >= 4 is 15.9 Å². The fourth-order valence-electron chi connectivity index (χ4n) is 2.23. The first-order valence-corrected chi connectivity index (χ1v) is 7.51. The van der Waals surface area contributed by atoms with Crippen LogP contribution in [-0.4, -0.2) is 25.2 Å². The number of ether oxygens (including phenoxy) is 1. The van der Waals surface area contributed by atoms with Crippen LogP contribution in [0.2, 0.25) is 0 Å². The highest BCUT2D eigenvalue weighted by Gasteiger charge is 2.10. The third-order valence-electron chi connectivity index (χ3n) is 3.30. The maximum Gasteiger partial charge on any atom is 0.212 e. The molecule has 0 aliphatic rings. The van der Waals surface area contributed by atoms with Gasteiger partial charge in [-0.05, 0) is 49.2 Å². The topological polar surface area (TPSA) is 34.1 Å². The Kier molecular flexibility index (Phi) is 5.70. The van der Waals surface area contributed by atoms with Crippen molar-refractivity contribution in [1.82, 2.24) is 10.3 Å². The molecule has 0 radical (unpaired) electrons. The number of aromatic nitrogens is 1. The summed E-state index contributed by atoms with van der Waals surface area (Å²) in [6.07, 6.45) is 3.38. The van der Waals surface area contributed by atoms with Gasteiger partial charge in [0.05, 0.1) is 7.11 Å². The van der Waals surface area contributed by atoms with Crippen molar-refractivity contribution in [2.45, 2.75) is 18.9 Å². The maximum absolute atomic E-state index is 13.4. The van der Waals surface area contributed by atoms with Crippen LogP contribution in [0.1, 0.15) is 11.1 Å². The summed E-state index contributed by atoms with van der Waals surface area (Å²) in [5.74, 6) is 0.383. The van der Waals surface area contributed by atoms with Crippen LogP contribution in [0.15, 0.2) is 41.0 Å². The highest BCUT2D eigenvalue weighted by Crippen LogP contribution is 2.17. The lowest BCUT2D eigenvalue weighted by Gasteiger charge is -2.16. The number of hydrogen-bond acceptors (Lipinski definition) is 3. The molecule has 0 saturated heterocycles. The van der Waals surface area contributed by atoms with Crippen molar-refractivity contribution in [3.8, 4) is 5.88 Å². The van der Waals surface area contributed by atoms with Gasteiger partial charge in [-0.2, -0.15) is 0 Å². The molecule has 0 bridgehead atoms. The van der Waals surface area contributed by atoms with E-state index in [1.54, 1.807) is 13.2 Å². The Morgan fingerprint density at radius 1 is 1.24 bits per heavy atom. The molecule has 1 atom stereocenters. The summed E-state index contributed by atoms with van der Waals surface area (Å²) in [7, 11) is 3.51. The van der Waals surface area contributed by atoms with Crippen LogP contribution in [0.5, 0.6) is 5.88 Å². The molecule has 112 valence electrons. The fourth-order valence-corrected chi connectivity index (χ4v) is 2.74. The van der Waals surface area contributed by atoms with Gasteiger partial charge in [0.15, 0.2) is 0 Å². The Morgan fingerprint density at radius 2 is 2.00 bits per heavy atom. The Balaban J connectivity index is 2.05. The van der Waals surface area contributed by atoms with Crippen molar-refractivity contribution in [3.63, 3.8) is 0 Å². The highest BCUT2D eigenvalue weighted by atomic mass is 79.9. The molecule has 21 heavy (non-hydrogen) atoms. The Bertz CT molecular complexity index is 569. The predicted octanol–water partition coefficient (Wildman–Crippen LogP) is 3.37. The minimum absolute atomic E-state index is 0.217. The number of likely N-dealkylation sites (N-methyl/N-ethyl adjacent to an activating group) is 1. The number of benzene rings is 1. The molecule has 0 spiro atoms. The molecule has 5 heteroatoms. The van der Waals surface area contributed by atoms with E-state index in [9.17, 15) is 4.39 Å². The van der Waals surface area contributed by atoms with Gasteiger partial charge in [0.2, 0.25) is 5.88 Å². The van der Waals surface area contributed by atoms with Crippen LogP contribution in [-0.2, 0) is 12.8 Å². The standard InChI is InChI=1S/C16H18BrFN2O/c1-19-15(7-11-3-4-16(21-2)20-10-11)8-12-5-13(17)9-14(18)6-12/h3-6,9-10,15,19H,7-8H2,1-2H3. The van der Waals surface area contributed by atoms with Gasteiger partial charge in [-0.25, -0.2) is 9.37 Å². The zero-order valence-corrected chi connectivity index (χ0v) is 13.7. The summed E-state index contributed by atoms with van der Waals surface area (Å²) < 4.78 is 19.2. The quantitative estimate of drug-likeness (QED) is 0.865. The number of nitrogens with zero attached hydrogens (tertiary/aromatic N) is 1. The molecule has 1 aromatic carbocycles. The third kappa shape index (κ3) is 4.79. The minimum Gasteiger partial charge on any atom is -0.481 e. The van der Waals surface area contributed by atoms with Crippen LogP contribution in [0.4, 0.5) is 4.39 Å². The van der Waals surface area contributed by atoms with E-state index in [4.69, 9.17) is 4.74 Å². The summed E-state index contributed by atoms with van der Waals surface area (Å²) >= 11 is 3.32. The molecule has 0 amide bonds. The smallest absolute Gasteiger partial charge is 0.212 e. The van der Waals surface area contributed by atoms with Crippen LogP contribution in [0, 0.1) is 5.82 Å². The van der Waals surface area contributed by atoms with E-state index in [1.165, 1.54) is 6.07 Å². The summed E-state index contributed by atoms with van der Waals surface area (Å²) in [5.41, 5.74) is 2.08. The van der Waals surface area contributed by atoms with Gasteiger partial charge < -0.3 is 10.1 Å². The maximum atomic E-state index is 13.4. The first kappa shape index (κ1) is 15.9. The molecule has 0 fully saturated rings. The highest BCUT2D eigenvalue weighted by molar-refractivity contribution is 9.10. The number of pyridine rings is 1. The largest absolute Gasteiger partial charge is 0.481 e. The number of halogens is 2. The summed E-state index contributed by atoms with van der Waals surface area (Å²) in [6, 6.07) is 9.04. The molecular formula is C16H18BrFN2O. The zero-order valence-electron chi connectivity index (χ0n) is 12.1. The number of methoxy groups -OCH3 is 1. The average Bonchev–Trinajstić information content (AvgIpc) is 2.46. The van der Waals surface area contributed by atoms with Crippen molar-refractivity contribution < 1.29 is 9.13 Å². The van der Waals surface area contributed by atoms with Crippen molar-refractivity contribution in [1.29, 1.82) is 0 Å².